The second kappa shape index (κ2) is 15.7. The van der Waals surface area contributed by atoms with Gasteiger partial charge in [0.25, 0.3) is 0 Å². The number of anilines is 2. The summed E-state index contributed by atoms with van der Waals surface area (Å²) < 4.78 is 16.4. The number of benzene rings is 2. The molecule has 0 aromatic heterocycles. The molecule has 3 rings (SSSR count). The molecule has 1 heterocycles. The summed E-state index contributed by atoms with van der Waals surface area (Å²) in [6, 6.07) is 11.9. The van der Waals surface area contributed by atoms with E-state index in [9.17, 15) is 24.3 Å². The smallest absolute Gasteiger partial charge is 0.412 e. The molecule has 2 aromatic rings. The van der Waals surface area contributed by atoms with Gasteiger partial charge in [0, 0.05) is 31.8 Å². The van der Waals surface area contributed by atoms with Gasteiger partial charge < -0.3 is 24.6 Å². The van der Waals surface area contributed by atoms with Crippen molar-refractivity contribution >= 4 is 41.5 Å². The predicted octanol–water partition coefficient (Wildman–Crippen LogP) is 5.77. The van der Waals surface area contributed by atoms with Gasteiger partial charge >= 0.3 is 18.2 Å². The molecule has 2 aromatic carbocycles. The van der Waals surface area contributed by atoms with Crippen molar-refractivity contribution in [3.63, 3.8) is 0 Å². The Kier molecular flexibility index (Phi) is 12.3. The maximum Gasteiger partial charge on any atom is 0.412 e. The van der Waals surface area contributed by atoms with Crippen molar-refractivity contribution in [2.24, 2.45) is 0 Å². The van der Waals surface area contributed by atoms with E-state index in [1.54, 1.807) is 96.1 Å². The fraction of sp³-hybridized carbons (Fsp3) is 0.471. The first-order chi connectivity index (χ1) is 21.5. The summed E-state index contributed by atoms with van der Waals surface area (Å²) in [6.07, 6.45) is 1.53. The van der Waals surface area contributed by atoms with Gasteiger partial charge in [-0.05, 0) is 77.8 Å². The number of nitrogens with one attached hydrogen (secondary N) is 2. The van der Waals surface area contributed by atoms with Crippen molar-refractivity contribution in [2.45, 2.75) is 71.8 Å². The monoisotopic (exact) mass is 638 g/mol. The number of amides is 3. The zero-order valence-corrected chi connectivity index (χ0v) is 27.7. The molecule has 250 valence electrons. The number of hydrogen-bond donors (Lipinski definition) is 3. The van der Waals surface area contributed by atoms with E-state index >= 15 is 0 Å². The molecular weight excluding hydrogens is 592 g/mol. The summed E-state index contributed by atoms with van der Waals surface area (Å²) in [6.45, 7) is 15.1. The van der Waals surface area contributed by atoms with E-state index in [2.05, 4.69) is 15.5 Å². The van der Waals surface area contributed by atoms with Crippen molar-refractivity contribution in [3.8, 4) is 0 Å². The van der Waals surface area contributed by atoms with Crippen LogP contribution < -0.4 is 10.6 Å². The molecule has 2 unspecified atom stereocenters. The van der Waals surface area contributed by atoms with Crippen LogP contribution >= 0.6 is 0 Å². The van der Waals surface area contributed by atoms with Gasteiger partial charge in [0.05, 0.1) is 24.6 Å². The largest absolute Gasteiger partial charge is 0.479 e. The SMILES string of the molecule is CC(CN(C(=O)OC(C)(C)C)C(C(=O)O)c1ccc(/C=C/C(=O)Nc2ccccc2NC(=O)OC(C)(C)C)cc1)N1CCOCC1. The molecule has 1 aliphatic rings. The average Bonchev–Trinajstić information content (AvgIpc) is 2.95. The lowest BCUT2D eigenvalue weighted by atomic mass is 10.0. The summed E-state index contributed by atoms with van der Waals surface area (Å²) in [4.78, 5) is 54.4. The van der Waals surface area contributed by atoms with Crippen LogP contribution in [0.4, 0.5) is 21.0 Å². The third-order valence-corrected chi connectivity index (χ3v) is 6.80. The van der Waals surface area contributed by atoms with Crippen LogP contribution in [0.5, 0.6) is 0 Å². The number of hydrogen-bond acceptors (Lipinski definition) is 8. The van der Waals surface area contributed by atoms with Crippen molar-refractivity contribution in [3.05, 3.63) is 65.7 Å². The van der Waals surface area contributed by atoms with E-state index in [1.807, 2.05) is 6.92 Å². The number of aliphatic carboxylic acids is 1. The van der Waals surface area contributed by atoms with Gasteiger partial charge in [-0.2, -0.15) is 0 Å². The Morgan fingerprint density at radius 3 is 2.02 bits per heavy atom. The van der Waals surface area contributed by atoms with E-state index in [1.165, 1.54) is 11.0 Å². The number of rotatable bonds is 10. The van der Waals surface area contributed by atoms with E-state index in [0.717, 1.165) is 0 Å². The molecule has 0 bridgehead atoms. The molecule has 12 nitrogen and oxygen atoms in total. The van der Waals surface area contributed by atoms with Crippen molar-refractivity contribution in [1.29, 1.82) is 0 Å². The van der Waals surface area contributed by atoms with Crippen LogP contribution in [0.1, 0.15) is 65.6 Å². The van der Waals surface area contributed by atoms with Gasteiger partial charge in [0.1, 0.15) is 11.2 Å². The highest BCUT2D eigenvalue weighted by molar-refractivity contribution is 6.05. The van der Waals surface area contributed by atoms with E-state index < -0.39 is 41.3 Å². The van der Waals surface area contributed by atoms with E-state index in [0.29, 0.717) is 48.8 Å². The Labute approximate surface area is 270 Å². The zero-order valence-electron chi connectivity index (χ0n) is 27.7. The molecule has 3 N–H and O–H groups in total. The molecule has 1 saturated heterocycles. The first-order valence-corrected chi connectivity index (χ1v) is 15.2. The number of para-hydroxylation sites is 2. The average molecular weight is 639 g/mol. The maximum atomic E-state index is 13.3. The van der Waals surface area contributed by atoms with Crippen LogP contribution in [-0.4, -0.2) is 89.1 Å². The quantitative estimate of drug-likeness (QED) is 0.276. The molecule has 0 radical (unpaired) electrons. The number of ether oxygens (including phenoxy) is 3. The molecule has 46 heavy (non-hydrogen) atoms. The first kappa shape index (κ1) is 36.1. The number of carbonyl (C=O) groups is 4. The number of carboxylic acid groups (broad SMARTS) is 1. The summed E-state index contributed by atoms with van der Waals surface area (Å²) in [5, 5.41) is 15.7. The highest BCUT2D eigenvalue weighted by Gasteiger charge is 2.36. The minimum atomic E-state index is -1.30. The van der Waals surface area contributed by atoms with Crippen LogP contribution in [0.25, 0.3) is 6.08 Å². The topological polar surface area (TPSA) is 147 Å². The molecular formula is C34H46N4O8. The summed E-state index contributed by atoms with van der Waals surface area (Å²) in [7, 11) is 0. The van der Waals surface area contributed by atoms with Gasteiger partial charge in [0.2, 0.25) is 5.91 Å². The molecule has 0 saturated carbocycles. The Hall–Kier alpha value is -4.42. The Morgan fingerprint density at radius 2 is 1.48 bits per heavy atom. The second-order valence-electron chi connectivity index (χ2n) is 13.0. The Morgan fingerprint density at radius 1 is 0.913 bits per heavy atom. The highest BCUT2D eigenvalue weighted by atomic mass is 16.6. The third kappa shape index (κ3) is 11.5. The molecule has 2 atom stereocenters. The molecule has 3 amide bonds. The number of carbonyl (C=O) groups excluding carboxylic acids is 3. The summed E-state index contributed by atoms with van der Waals surface area (Å²) >= 11 is 0. The van der Waals surface area contributed by atoms with Crippen LogP contribution in [0.2, 0.25) is 0 Å². The number of carboxylic acids is 1. The maximum absolute atomic E-state index is 13.3. The fourth-order valence-corrected chi connectivity index (χ4v) is 4.73. The van der Waals surface area contributed by atoms with E-state index in [-0.39, 0.29) is 12.6 Å². The van der Waals surface area contributed by atoms with Gasteiger partial charge in [-0.3, -0.25) is 19.9 Å². The van der Waals surface area contributed by atoms with Gasteiger partial charge in [-0.1, -0.05) is 36.4 Å². The minimum Gasteiger partial charge on any atom is -0.479 e. The van der Waals surface area contributed by atoms with Gasteiger partial charge in [0.15, 0.2) is 6.04 Å². The van der Waals surface area contributed by atoms with Crippen LogP contribution in [0, 0.1) is 0 Å². The van der Waals surface area contributed by atoms with Gasteiger partial charge in [-0.15, -0.1) is 0 Å². The fourth-order valence-electron chi connectivity index (χ4n) is 4.73. The predicted molar refractivity (Wildman–Crippen MR) is 176 cm³/mol. The summed E-state index contributed by atoms with van der Waals surface area (Å²) in [5.74, 6) is -1.64. The lowest BCUT2D eigenvalue weighted by molar-refractivity contribution is -0.144. The van der Waals surface area contributed by atoms with Crippen LogP contribution in [0.15, 0.2) is 54.6 Å². The lowest BCUT2D eigenvalue weighted by Crippen LogP contribution is -2.51. The van der Waals surface area contributed by atoms with E-state index in [4.69, 9.17) is 14.2 Å². The third-order valence-electron chi connectivity index (χ3n) is 6.80. The second-order valence-corrected chi connectivity index (χ2v) is 13.0. The highest BCUT2D eigenvalue weighted by Crippen LogP contribution is 2.26. The minimum absolute atomic E-state index is 0.136. The zero-order chi connectivity index (χ0) is 34.1. The summed E-state index contributed by atoms with van der Waals surface area (Å²) in [5.41, 5.74) is 0.281. The van der Waals surface area contributed by atoms with Crippen LogP contribution in [0.3, 0.4) is 0 Å². The normalized spacial score (nSPS) is 15.5. The lowest BCUT2D eigenvalue weighted by Gasteiger charge is -2.38. The number of morpholine rings is 1. The van der Waals surface area contributed by atoms with Crippen molar-refractivity contribution < 1.29 is 38.5 Å². The van der Waals surface area contributed by atoms with Crippen molar-refractivity contribution in [2.75, 3.05) is 43.5 Å². The molecule has 1 fully saturated rings. The Balaban J connectivity index is 1.75. The number of nitrogens with zero attached hydrogens (tertiary/aromatic N) is 2. The van der Waals surface area contributed by atoms with Crippen molar-refractivity contribution in [1.82, 2.24) is 9.80 Å². The molecule has 1 aliphatic heterocycles. The molecule has 0 aliphatic carbocycles. The molecule has 12 heteroatoms. The standard InChI is InChI=1S/C34H46N4O8/c1-23(37-18-20-44-21-19-37)22-38(32(43)46-34(5,6)7)29(30(40)41)25-15-12-24(13-16-25)14-17-28(39)35-26-10-8-9-11-27(26)36-31(42)45-33(2,3)4/h8-17,23,29H,18-22H2,1-7H3,(H,35,39)(H,36,42)(H,40,41)/b17-14+. The first-order valence-electron chi connectivity index (χ1n) is 15.2. The van der Waals surface area contributed by atoms with Gasteiger partial charge in [-0.25, -0.2) is 14.4 Å². The Bertz CT molecular complexity index is 1390. The van der Waals surface area contributed by atoms with Crippen LogP contribution in [-0.2, 0) is 23.8 Å². The molecule has 0 spiro atoms.